The summed E-state index contributed by atoms with van der Waals surface area (Å²) in [5.41, 5.74) is 0.945. The maximum absolute atomic E-state index is 13.1. The van der Waals surface area contributed by atoms with Crippen LogP contribution in [0.2, 0.25) is 0 Å². The number of piperidine rings is 1. The van der Waals surface area contributed by atoms with E-state index in [1.807, 2.05) is 0 Å². The average Bonchev–Trinajstić information content (AvgIpc) is 2.28. The highest BCUT2D eigenvalue weighted by molar-refractivity contribution is 5.20. The Bertz CT molecular complexity index is 382. The van der Waals surface area contributed by atoms with Gasteiger partial charge in [-0.25, -0.2) is 4.39 Å². The molecule has 1 saturated heterocycles. The fraction of sp³-hybridized carbons (Fsp3) is 0.571. The summed E-state index contributed by atoms with van der Waals surface area (Å²) in [5, 5.41) is 13.6. The number of rotatable bonds is 2. The van der Waals surface area contributed by atoms with E-state index in [1.165, 1.54) is 12.1 Å². The predicted molar refractivity (Wildman–Crippen MR) is 66.2 cm³/mol. The molecule has 2 rings (SSSR count). The van der Waals surface area contributed by atoms with Crippen molar-refractivity contribution in [2.75, 3.05) is 6.54 Å². The van der Waals surface area contributed by atoms with Crippen LogP contribution in [0.5, 0.6) is 0 Å². The number of aliphatic hydroxyl groups is 1. The van der Waals surface area contributed by atoms with Gasteiger partial charge in [-0.1, -0.05) is 26.0 Å². The molecule has 0 aliphatic carbocycles. The van der Waals surface area contributed by atoms with Gasteiger partial charge in [0.25, 0.3) is 0 Å². The molecule has 1 heterocycles. The van der Waals surface area contributed by atoms with Crippen LogP contribution in [0.4, 0.5) is 4.39 Å². The van der Waals surface area contributed by atoms with Gasteiger partial charge in [0, 0.05) is 12.6 Å². The van der Waals surface area contributed by atoms with E-state index >= 15 is 0 Å². The zero-order valence-corrected chi connectivity index (χ0v) is 10.4. The molecule has 1 aliphatic rings. The third kappa shape index (κ3) is 3.05. The van der Waals surface area contributed by atoms with Crippen LogP contribution in [0.1, 0.15) is 38.4 Å². The Hall–Kier alpha value is -0.930. The molecule has 1 fully saturated rings. The average molecular weight is 237 g/mol. The Labute approximate surface area is 102 Å². The van der Waals surface area contributed by atoms with Crippen LogP contribution in [0.3, 0.4) is 0 Å². The van der Waals surface area contributed by atoms with E-state index in [0.717, 1.165) is 19.4 Å². The topological polar surface area (TPSA) is 32.3 Å². The van der Waals surface area contributed by atoms with Crippen LogP contribution in [0, 0.1) is 11.2 Å². The van der Waals surface area contributed by atoms with Crippen molar-refractivity contribution in [3.63, 3.8) is 0 Å². The Morgan fingerprint density at radius 3 is 2.82 bits per heavy atom. The molecule has 17 heavy (non-hydrogen) atoms. The second-order valence-electron chi connectivity index (χ2n) is 5.69. The molecule has 2 N–H and O–H groups in total. The lowest BCUT2D eigenvalue weighted by atomic mass is 9.80. The van der Waals surface area contributed by atoms with Gasteiger partial charge in [0.05, 0.1) is 6.10 Å². The van der Waals surface area contributed by atoms with Gasteiger partial charge in [0.1, 0.15) is 5.82 Å². The Morgan fingerprint density at radius 2 is 2.24 bits per heavy atom. The van der Waals surface area contributed by atoms with Crippen LogP contribution in [0.15, 0.2) is 24.3 Å². The quantitative estimate of drug-likeness (QED) is 0.828. The van der Waals surface area contributed by atoms with E-state index in [1.54, 1.807) is 12.1 Å². The van der Waals surface area contributed by atoms with Gasteiger partial charge in [0.15, 0.2) is 0 Å². The van der Waals surface area contributed by atoms with Crippen molar-refractivity contribution >= 4 is 0 Å². The number of hydrogen-bond donors (Lipinski definition) is 2. The van der Waals surface area contributed by atoms with Crippen molar-refractivity contribution in [1.29, 1.82) is 0 Å². The lowest BCUT2D eigenvalue weighted by Crippen LogP contribution is -2.46. The van der Waals surface area contributed by atoms with Crippen LogP contribution in [0.25, 0.3) is 0 Å². The van der Waals surface area contributed by atoms with E-state index < -0.39 is 6.10 Å². The largest absolute Gasteiger partial charge is 0.387 e. The van der Waals surface area contributed by atoms with Gasteiger partial charge in [0.2, 0.25) is 0 Å². The summed E-state index contributed by atoms with van der Waals surface area (Å²) in [6.07, 6.45) is 1.38. The minimum atomic E-state index is -0.623. The molecule has 1 aliphatic heterocycles. The second-order valence-corrected chi connectivity index (χ2v) is 5.69. The number of benzene rings is 1. The first kappa shape index (κ1) is 12.5. The maximum Gasteiger partial charge on any atom is 0.123 e. The SMILES string of the molecule is CC1(C)CC[C@H]([C@@H](O)c2cccc(F)c2)NC1. The third-order valence-electron chi connectivity index (χ3n) is 3.55. The van der Waals surface area contributed by atoms with E-state index in [0.29, 0.717) is 5.56 Å². The minimum Gasteiger partial charge on any atom is -0.387 e. The van der Waals surface area contributed by atoms with Crippen LogP contribution in [-0.2, 0) is 0 Å². The Kier molecular flexibility index (Phi) is 3.50. The van der Waals surface area contributed by atoms with Gasteiger partial charge in [-0.3, -0.25) is 0 Å². The fourth-order valence-corrected chi connectivity index (χ4v) is 2.34. The summed E-state index contributed by atoms with van der Waals surface area (Å²) in [6.45, 7) is 5.32. The maximum atomic E-state index is 13.1. The molecular formula is C14H20FNO. The van der Waals surface area contributed by atoms with E-state index in [2.05, 4.69) is 19.2 Å². The second kappa shape index (κ2) is 4.75. The zero-order valence-electron chi connectivity index (χ0n) is 10.4. The minimum absolute atomic E-state index is 0.0322. The monoisotopic (exact) mass is 237 g/mol. The van der Waals surface area contributed by atoms with Crippen molar-refractivity contribution in [3.05, 3.63) is 35.6 Å². The highest BCUT2D eigenvalue weighted by Crippen LogP contribution is 2.31. The Morgan fingerprint density at radius 1 is 1.47 bits per heavy atom. The van der Waals surface area contributed by atoms with Crippen molar-refractivity contribution in [1.82, 2.24) is 5.32 Å². The van der Waals surface area contributed by atoms with Gasteiger partial charge < -0.3 is 10.4 Å². The first-order valence-corrected chi connectivity index (χ1v) is 6.15. The van der Waals surface area contributed by atoms with Crippen LogP contribution in [-0.4, -0.2) is 17.7 Å². The fourth-order valence-electron chi connectivity index (χ4n) is 2.34. The molecule has 0 radical (unpaired) electrons. The van der Waals surface area contributed by atoms with Gasteiger partial charge in [-0.2, -0.15) is 0 Å². The van der Waals surface area contributed by atoms with Crippen molar-refractivity contribution in [2.45, 2.75) is 38.8 Å². The molecular weight excluding hydrogens is 217 g/mol. The molecule has 2 nitrogen and oxygen atoms in total. The number of nitrogens with one attached hydrogen (secondary N) is 1. The van der Waals surface area contributed by atoms with Gasteiger partial charge in [-0.15, -0.1) is 0 Å². The zero-order chi connectivity index (χ0) is 12.5. The molecule has 1 aromatic carbocycles. The summed E-state index contributed by atoms with van der Waals surface area (Å²) < 4.78 is 13.1. The number of halogens is 1. The molecule has 1 aromatic rings. The highest BCUT2D eigenvalue weighted by Gasteiger charge is 2.30. The molecule has 0 aromatic heterocycles. The molecule has 2 atom stereocenters. The normalized spacial score (nSPS) is 25.5. The molecule has 3 heteroatoms. The molecule has 94 valence electrons. The highest BCUT2D eigenvalue weighted by atomic mass is 19.1. The summed E-state index contributed by atoms with van der Waals surface area (Å²) in [5.74, 6) is -0.294. The molecule has 0 unspecified atom stereocenters. The summed E-state index contributed by atoms with van der Waals surface area (Å²) in [7, 11) is 0. The van der Waals surface area contributed by atoms with Crippen molar-refractivity contribution in [2.24, 2.45) is 5.41 Å². The molecule has 0 bridgehead atoms. The van der Waals surface area contributed by atoms with Gasteiger partial charge >= 0.3 is 0 Å². The number of aliphatic hydroxyl groups excluding tert-OH is 1. The molecule has 0 spiro atoms. The Balaban J connectivity index is 2.04. The lowest BCUT2D eigenvalue weighted by Gasteiger charge is -2.37. The molecule has 0 saturated carbocycles. The van der Waals surface area contributed by atoms with Crippen molar-refractivity contribution < 1.29 is 9.50 Å². The first-order chi connectivity index (χ1) is 7.98. The molecule has 0 amide bonds. The standard InChI is InChI=1S/C14H20FNO/c1-14(2)7-6-12(16-9-14)13(17)10-4-3-5-11(15)8-10/h3-5,8,12-13,16-17H,6-7,9H2,1-2H3/t12-,13+/m1/s1. The lowest BCUT2D eigenvalue weighted by molar-refractivity contribution is 0.0867. The van der Waals surface area contributed by atoms with E-state index in [-0.39, 0.29) is 17.3 Å². The smallest absolute Gasteiger partial charge is 0.123 e. The summed E-state index contributed by atoms with van der Waals surface area (Å²) in [4.78, 5) is 0. The van der Waals surface area contributed by atoms with E-state index in [9.17, 15) is 9.50 Å². The van der Waals surface area contributed by atoms with Crippen LogP contribution >= 0.6 is 0 Å². The number of hydrogen-bond acceptors (Lipinski definition) is 2. The van der Waals surface area contributed by atoms with E-state index in [4.69, 9.17) is 0 Å². The van der Waals surface area contributed by atoms with Crippen LogP contribution < -0.4 is 5.32 Å². The van der Waals surface area contributed by atoms with Crippen molar-refractivity contribution in [3.8, 4) is 0 Å². The summed E-state index contributed by atoms with van der Waals surface area (Å²) >= 11 is 0. The summed E-state index contributed by atoms with van der Waals surface area (Å²) in [6, 6.07) is 6.25. The predicted octanol–water partition coefficient (Wildman–Crippen LogP) is 2.64. The third-order valence-corrected chi connectivity index (χ3v) is 3.55. The van der Waals surface area contributed by atoms with Gasteiger partial charge in [-0.05, 0) is 36.0 Å². The first-order valence-electron chi connectivity index (χ1n) is 6.15.